The Morgan fingerprint density at radius 2 is 1.25 bits per heavy atom. The normalized spacial score (nSPS) is 15.1. The average Bonchev–Trinajstić information content (AvgIpc) is 3.19. The highest BCUT2D eigenvalue weighted by molar-refractivity contribution is 6.14. The third kappa shape index (κ3) is 3.88. The Morgan fingerprint density at radius 1 is 0.600 bits per heavy atom. The van der Waals surface area contributed by atoms with E-state index < -0.39 is 0 Å². The molecule has 2 aliphatic heterocycles. The maximum atomic E-state index is 2.58. The van der Waals surface area contributed by atoms with E-state index in [4.69, 9.17) is 0 Å². The lowest BCUT2D eigenvalue weighted by Crippen LogP contribution is -2.31. The van der Waals surface area contributed by atoms with Gasteiger partial charge in [-0.15, -0.1) is 0 Å². The van der Waals surface area contributed by atoms with Crippen LogP contribution in [0.1, 0.15) is 104 Å². The van der Waals surface area contributed by atoms with E-state index in [2.05, 4.69) is 154 Å². The number of hydrogen-bond donors (Lipinski definition) is 0. The zero-order valence-electron chi connectivity index (χ0n) is 26.4. The number of nitrogens with zero attached hydrogens (tertiary/aromatic N) is 1. The monoisotopic (exact) mass is 527 g/mol. The van der Waals surface area contributed by atoms with Gasteiger partial charge in [0.25, 0.3) is 0 Å². The van der Waals surface area contributed by atoms with Crippen LogP contribution < -0.4 is 0 Å². The Morgan fingerprint density at radius 3 is 1.90 bits per heavy atom. The summed E-state index contributed by atoms with van der Waals surface area (Å²) in [7, 11) is 0. The molecule has 1 aromatic heterocycles. The van der Waals surface area contributed by atoms with Crippen molar-refractivity contribution in [1.29, 1.82) is 0 Å². The molecule has 4 aromatic carbocycles. The van der Waals surface area contributed by atoms with Crippen LogP contribution in [-0.2, 0) is 21.7 Å². The molecule has 1 heteroatoms. The van der Waals surface area contributed by atoms with E-state index in [0.717, 1.165) is 0 Å². The van der Waals surface area contributed by atoms with Crippen LogP contribution in [0.25, 0.3) is 38.6 Å². The molecule has 3 heterocycles. The molecule has 40 heavy (non-hydrogen) atoms. The van der Waals surface area contributed by atoms with Gasteiger partial charge in [-0.05, 0) is 61.8 Å². The van der Waals surface area contributed by atoms with Crippen molar-refractivity contribution >= 4 is 21.8 Å². The average molecular weight is 528 g/mol. The standard InChI is InChI=1S/C39H45N/c1-36(2,3)25-21-24-22-26(23-25)39(10,11)30-19-20-32(34(38(7,8)9)33(30)37(4,5)6)40-31-18-13-12-15-28(31)29-17-14-16-27(24)35(29)40/h12-23H,1-11H3. The fourth-order valence-electron chi connectivity index (χ4n) is 7.07. The van der Waals surface area contributed by atoms with Gasteiger partial charge in [-0.2, -0.15) is 0 Å². The first-order valence-electron chi connectivity index (χ1n) is 14.9. The highest BCUT2D eigenvalue weighted by atomic mass is 15.0. The smallest absolute Gasteiger partial charge is 0.0619 e. The van der Waals surface area contributed by atoms with Crippen molar-refractivity contribution in [3.05, 3.63) is 101 Å². The zero-order chi connectivity index (χ0) is 29.0. The number of para-hydroxylation sites is 2. The molecule has 0 amide bonds. The lowest BCUT2D eigenvalue weighted by Gasteiger charge is -2.39. The number of benzene rings is 4. The van der Waals surface area contributed by atoms with Gasteiger partial charge in [-0.25, -0.2) is 0 Å². The Kier molecular flexibility index (Phi) is 5.61. The van der Waals surface area contributed by atoms with Crippen LogP contribution in [0.4, 0.5) is 0 Å². The number of rotatable bonds is 0. The van der Waals surface area contributed by atoms with E-state index in [0.29, 0.717) is 0 Å². The maximum absolute atomic E-state index is 2.58. The third-order valence-corrected chi connectivity index (χ3v) is 9.12. The molecule has 0 radical (unpaired) electrons. The van der Waals surface area contributed by atoms with Crippen molar-refractivity contribution in [1.82, 2.24) is 4.57 Å². The summed E-state index contributed by atoms with van der Waals surface area (Å²) in [6.45, 7) is 26.3. The molecule has 7 rings (SSSR count). The van der Waals surface area contributed by atoms with E-state index in [9.17, 15) is 0 Å². The molecule has 0 N–H and O–H groups in total. The predicted molar refractivity (Wildman–Crippen MR) is 174 cm³/mol. The molecule has 0 saturated heterocycles. The topological polar surface area (TPSA) is 4.93 Å². The van der Waals surface area contributed by atoms with E-state index in [-0.39, 0.29) is 21.7 Å². The van der Waals surface area contributed by atoms with Crippen LogP contribution in [-0.4, -0.2) is 4.57 Å². The fourth-order valence-corrected chi connectivity index (χ4v) is 7.07. The molecule has 206 valence electrons. The number of aromatic nitrogens is 1. The second kappa shape index (κ2) is 8.35. The van der Waals surface area contributed by atoms with Crippen molar-refractivity contribution < 1.29 is 0 Å². The van der Waals surface area contributed by atoms with Crippen LogP contribution >= 0.6 is 0 Å². The first kappa shape index (κ1) is 26.9. The van der Waals surface area contributed by atoms with Crippen LogP contribution in [0.5, 0.6) is 0 Å². The first-order chi connectivity index (χ1) is 18.5. The maximum Gasteiger partial charge on any atom is 0.0619 e. The summed E-state index contributed by atoms with van der Waals surface area (Å²) in [5.74, 6) is 0. The fraction of sp³-hybridized carbons (Fsp3) is 0.385. The van der Waals surface area contributed by atoms with Crippen LogP contribution in [0.3, 0.4) is 0 Å². The zero-order valence-corrected chi connectivity index (χ0v) is 26.4. The largest absolute Gasteiger partial charge is 0.308 e. The second-order valence-corrected chi connectivity index (χ2v) is 15.6. The van der Waals surface area contributed by atoms with Gasteiger partial charge in [-0.1, -0.05) is 137 Å². The lowest BCUT2D eigenvalue weighted by atomic mass is 9.65. The molecule has 0 unspecified atom stereocenters. The minimum atomic E-state index is -0.174. The summed E-state index contributed by atoms with van der Waals surface area (Å²) < 4.78 is 2.58. The Hall–Kier alpha value is -3.32. The Balaban J connectivity index is 1.97. The quantitative estimate of drug-likeness (QED) is 0.189. The van der Waals surface area contributed by atoms with Crippen molar-refractivity contribution in [2.45, 2.75) is 97.8 Å². The van der Waals surface area contributed by atoms with Gasteiger partial charge in [0.15, 0.2) is 0 Å². The molecular formula is C39H45N. The molecule has 0 aliphatic carbocycles. The Labute approximate surface area is 241 Å². The molecule has 4 bridgehead atoms. The predicted octanol–water partition coefficient (Wildman–Crippen LogP) is 11.0. The molecule has 1 nitrogen and oxygen atoms in total. The highest BCUT2D eigenvalue weighted by Crippen LogP contribution is 2.49. The van der Waals surface area contributed by atoms with Gasteiger partial charge >= 0.3 is 0 Å². The summed E-state index contributed by atoms with van der Waals surface area (Å²) in [6, 6.07) is 28.1. The summed E-state index contributed by atoms with van der Waals surface area (Å²) >= 11 is 0. The van der Waals surface area contributed by atoms with Crippen molar-refractivity contribution in [2.24, 2.45) is 0 Å². The van der Waals surface area contributed by atoms with Crippen LogP contribution in [0, 0.1) is 0 Å². The van der Waals surface area contributed by atoms with E-state index >= 15 is 0 Å². The first-order valence-corrected chi connectivity index (χ1v) is 14.9. The van der Waals surface area contributed by atoms with Crippen LogP contribution in [0.2, 0.25) is 0 Å². The van der Waals surface area contributed by atoms with Gasteiger partial charge in [-0.3, -0.25) is 0 Å². The third-order valence-electron chi connectivity index (χ3n) is 9.12. The summed E-state index contributed by atoms with van der Waals surface area (Å²) in [4.78, 5) is 0. The van der Waals surface area contributed by atoms with Crippen LogP contribution in [0.15, 0.2) is 72.8 Å². The minimum absolute atomic E-state index is 0.0361. The van der Waals surface area contributed by atoms with Gasteiger partial charge in [0.1, 0.15) is 0 Å². The number of hydrogen-bond acceptors (Lipinski definition) is 0. The molecule has 0 fully saturated rings. The van der Waals surface area contributed by atoms with Gasteiger partial charge in [0.2, 0.25) is 0 Å². The van der Waals surface area contributed by atoms with Crippen molar-refractivity contribution in [3.63, 3.8) is 0 Å². The number of fused-ring (bicyclic) bond motifs is 4. The molecule has 0 atom stereocenters. The summed E-state index contributed by atoms with van der Waals surface area (Å²) in [5, 5.41) is 2.63. The minimum Gasteiger partial charge on any atom is -0.308 e. The lowest BCUT2D eigenvalue weighted by molar-refractivity contribution is 0.505. The molecule has 5 aromatic rings. The van der Waals surface area contributed by atoms with Crippen molar-refractivity contribution in [2.75, 3.05) is 0 Å². The summed E-state index contributed by atoms with van der Waals surface area (Å²) in [5.41, 5.74) is 13.4. The molecule has 0 saturated carbocycles. The molecule has 2 aliphatic rings. The van der Waals surface area contributed by atoms with E-state index in [1.807, 2.05) is 0 Å². The molecular weight excluding hydrogens is 482 g/mol. The summed E-state index contributed by atoms with van der Waals surface area (Å²) in [6.07, 6.45) is 0. The second-order valence-electron chi connectivity index (χ2n) is 15.6. The SMILES string of the molecule is CC(C)(C)c1cc2cc(c1)C(C)(C)c1ccc(c(C(C)(C)C)c1C(C)(C)C)-n1c3ccccc3c3cccc-2c31. The van der Waals surface area contributed by atoms with Gasteiger partial charge < -0.3 is 4.57 Å². The van der Waals surface area contributed by atoms with Gasteiger partial charge in [0, 0.05) is 21.8 Å². The van der Waals surface area contributed by atoms with Crippen molar-refractivity contribution in [3.8, 4) is 16.8 Å². The highest BCUT2D eigenvalue weighted by Gasteiger charge is 2.38. The van der Waals surface area contributed by atoms with Gasteiger partial charge in [0.05, 0.1) is 16.7 Å². The molecule has 0 spiro atoms. The Bertz CT molecular complexity index is 1800. The van der Waals surface area contributed by atoms with E-state index in [1.165, 1.54) is 66.4 Å². The van der Waals surface area contributed by atoms with E-state index in [1.54, 1.807) is 0 Å².